The van der Waals surface area contributed by atoms with Crippen LogP contribution in [0.15, 0.2) is 53.7 Å². The van der Waals surface area contributed by atoms with E-state index < -0.39 is 6.04 Å². The van der Waals surface area contributed by atoms with E-state index in [4.69, 9.17) is 0 Å². The fourth-order valence-corrected chi connectivity index (χ4v) is 4.06. The number of rotatable bonds is 5. The molecule has 3 aromatic rings. The molecule has 0 bridgehead atoms. The standard InChI is InChI=1S/C21H22N4O2S/c26-19(23-18-7-3-4-12-22-20(18)27)15-10-8-14(9-11-15)13-28-21-24-16-5-1-2-6-17(16)25-21/h1-2,5-6,8-11,18H,3-4,7,12-13H2,(H,22,27)(H,23,26)(H,24,25)/t18-/m1/s1. The van der Waals surface area contributed by atoms with Crippen molar-refractivity contribution >= 4 is 34.6 Å². The van der Waals surface area contributed by atoms with Crippen molar-refractivity contribution in [3.8, 4) is 0 Å². The molecular weight excluding hydrogens is 372 g/mol. The summed E-state index contributed by atoms with van der Waals surface area (Å²) in [6, 6.07) is 15.0. The summed E-state index contributed by atoms with van der Waals surface area (Å²) in [6.45, 7) is 0.683. The van der Waals surface area contributed by atoms with E-state index >= 15 is 0 Å². The first-order chi connectivity index (χ1) is 13.7. The van der Waals surface area contributed by atoms with Gasteiger partial charge in [0.15, 0.2) is 5.16 Å². The zero-order valence-electron chi connectivity index (χ0n) is 15.4. The van der Waals surface area contributed by atoms with Crippen molar-refractivity contribution in [3.05, 3.63) is 59.7 Å². The third-order valence-electron chi connectivity index (χ3n) is 4.80. The largest absolute Gasteiger partial charge is 0.354 e. The van der Waals surface area contributed by atoms with E-state index in [9.17, 15) is 9.59 Å². The Morgan fingerprint density at radius 1 is 1.14 bits per heavy atom. The number of aromatic amines is 1. The highest BCUT2D eigenvalue weighted by atomic mass is 32.2. The molecule has 1 saturated heterocycles. The van der Waals surface area contributed by atoms with Crippen molar-refractivity contribution in [2.24, 2.45) is 0 Å². The lowest BCUT2D eigenvalue weighted by Crippen LogP contribution is -2.45. The minimum absolute atomic E-state index is 0.0929. The van der Waals surface area contributed by atoms with Gasteiger partial charge in [0.1, 0.15) is 6.04 Å². The molecule has 0 unspecified atom stereocenters. The van der Waals surface area contributed by atoms with E-state index in [-0.39, 0.29) is 11.8 Å². The smallest absolute Gasteiger partial charge is 0.251 e. The minimum atomic E-state index is -0.446. The van der Waals surface area contributed by atoms with Gasteiger partial charge in [-0.05, 0) is 49.1 Å². The van der Waals surface area contributed by atoms with Gasteiger partial charge in [-0.15, -0.1) is 0 Å². The van der Waals surface area contributed by atoms with E-state index in [0.29, 0.717) is 18.5 Å². The number of fused-ring (bicyclic) bond motifs is 1. The number of H-pyrrole nitrogens is 1. The zero-order valence-corrected chi connectivity index (χ0v) is 16.2. The number of nitrogens with zero attached hydrogens (tertiary/aromatic N) is 1. The molecule has 0 radical (unpaired) electrons. The Hall–Kier alpha value is -2.80. The summed E-state index contributed by atoms with van der Waals surface area (Å²) in [5, 5.41) is 6.56. The Labute approximate surface area is 167 Å². The number of hydrogen-bond acceptors (Lipinski definition) is 4. The first-order valence-corrected chi connectivity index (χ1v) is 10.4. The maximum atomic E-state index is 12.4. The van der Waals surface area contributed by atoms with Crippen LogP contribution in [0.1, 0.15) is 35.2 Å². The summed E-state index contributed by atoms with van der Waals surface area (Å²) >= 11 is 1.62. The van der Waals surface area contributed by atoms with Gasteiger partial charge >= 0.3 is 0 Å². The second kappa shape index (κ2) is 8.48. The van der Waals surface area contributed by atoms with Crippen molar-refractivity contribution < 1.29 is 9.59 Å². The molecule has 144 valence electrons. The number of carbonyl (C=O) groups is 2. The molecule has 6 nitrogen and oxygen atoms in total. The Bertz CT molecular complexity index is 950. The quantitative estimate of drug-likeness (QED) is 0.580. The Balaban J connectivity index is 1.35. The van der Waals surface area contributed by atoms with Crippen LogP contribution in [0, 0.1) is 0 Å². The number of carbonyl (C=O) groups excluding carboxylic acids is 2. The number of thioether (sulfide) groups is 1. The number of nitrogens with one attached hydrogen (secondary N) is 3. The number of aromatic nitrogens is 2. The van der Waals surface area contributed by atoms with Gasteiger partial charge in [-0.2, -0.15) is 0 Å². The second-order valence-corrected chi connectivity index (χ2v) is 7.82. The van der Waals surface area contributed by atoms with Gasteiger partial charge in [0.2, 0.25) is 5.91 Å². The van der Waals surface area contributed by atoms with Crippen LogP contribution in [0.2, 0.25) is 0 Å². The van der Waals surface area contributed by atoms with Crippen molar-refractivity contribution in [1.82, 2.24) is 20.6 Å². The molecule has 1 fully saturated rings. The minimum Gasteiger partial charge on any atom is -0.354 e. The van der Waals surface area contributed by atoms with Gasteiger partial charge in [-0.3, -0.25) is 9.59 Å². The van der Waals surface area contributed by atoms with Crippen LogP contribution in [0.4, 0.5) is 0 Å². The Morgan fingerprint density at radius 3 is 2.79 bits per heavy atom. The van der Waals surface area contributed by atoms with Crippen LogP contribution in [0.5, 0.6) is 0 Å². The van der Waals surface area contributed by atoms with Gasteiger partial charge in [0, 0.05) is 17.9 Å². The summed E-state index contributed by atoms with van der Waals surface area (Å²) < 4.78 is 0. The van der Waals surface area contributed by atoms with Crippen LogP contribution < -0.4 is 10.6 Å². The van der Waals surface area contributed by atoms with Crippen molar-refractivity contribution in [1.29, 1.82) is 0 Å². The summed E-state index contributed by atoms with van der Waals surface area (Å²) in [4.78, 5) is 32.3. The monoisotopic (exact) mass is 394 g/mol. The lowest BCUT2D eigenvalue weighted by atomic mass is 10.1. The molecule has 28 heavy (non-hydrogen) atoms. The normalized spacial score (nSPS) is 17.1. The number of hydrogen-bond donors (Lipinski definition) is 3. The molecule has 0 spiro atoms. The van der Waals surface area contributed by atoms with Crippen LogP contribution in [0.25, 0.3) is 11.0 Å². The number of para-hydroxylation sites is 2. The summed E-state index contributed by atoms with van der Waals surface area (Å²) in [7, 11) is 0. The molecule has 2 amide bonds. The molecule has 7 heteroatoms. The molecule has 2 heterocycles. The average molecular weight is 395 g/mol. The van der Waals surface area contributed by atoms with E-state index in [1.54, 1.807) is 23.9 Å². The third-order valence-corrected chi connectivity index (χ3v) is 5.74. The number of imidazole rings is 1. The van der Waals surface area contributed by atoms with Gasteiger partial charge in [0.25, 0.3) is 5.91 Å². The zero-order chi connectivity index (χ0) is 19.3. The number of amides is 2. The highest BCUT2D eigenvalue weighted by Gasteiger charge is 2.22. The van der Waals surface area contributed by atoms with Gasteiger partial charge in [-0.1, -0.05) is 36.0 Å². The molecule has 0 aliphatic carbocycles. The predicted octanol–water partition coefficient (Wildman–Crippen LogP) is 3.25. The molecule has 3 N–H and O–H groups in total. The fourth-order valence-electron chi connectivity index (χ4n) is 3.22. The van der Waals surface area contributed by atoms with Crippen LogP contribution in [-0.2, 0) is 10.5 Å². The molecule has 2 aromatic carbocycles. The van der Waals surface area contributed by atoms with Crippen LogP contribution >= 0.6 is 11.8 Å². The number of benzene rings is 2. The van der Waals surface area contributed by atoms with E-state index in [2.05, 4.69) is 20.6 Å². The average Bonchev–Trinajstić information content (AvgIpc) is 3.03. The topological polar surface area (TPSA) is 86.9 Å². The first-order valence-electron chi connectivity index (χ1n) is 9.44. The second-order valence-electron chi connectivity index (χ2n) is 6.86. The van der Waals surface area contributed by atoms with Crippen molar-refractivity contribution in [3.63, 3.8) is 0 Å². The molecule has 1 atom stereocenters. The van der Waals surface area contributed by atoms with Gasteiger partial charge in [0.05, 0.1) is 11.0 Å². The molecule has 1 aliphatic rings. The lowest BCUT2D eigenvalue weighted by Gasteiger charge is -2.15. The van der Waals surface area contributed by atoms with Crippen LogP contribution in [0.3, 0.4) is 0 Å². The first kappa shape index (κ1) is 18.6. The third kappa shape index (κ3) is 4.36. The van der Waals surface area contributed by atoms with Gasteiger partial charge in [-0.25, -0.2) is 4.98 Å². The van der Waals surface area contributed by atoms with E-state index in [1.165, 1.54) is 0 Å². The maximum absolute atomic E-state index is 12.4. The molecule has 1 aliphatic heterocycles. The highest BCUT2D eigenvalue weighted by Crippen LogP contribution is 2.23. The van der Waals surface area contributed by atoms with Crippen molar-refractivity contribution in [2.75, 3.05) is 6.54 Å². The molecule has 1 aromatic heterocycles. The molecular formula is C21H22N4O2S. The lowest BCUT2D eigenvalue weighted by molar-refractivity contribution is -0.122. The SMILES string of the molecule is O=C(N[C@@H]1CCCCNC1=O)c1ccc(CSc2nc3ccccc3[nH]2)cc1. The summed E-state index contributed by atoms with van der Waals surface area (Å²) in [5.74, 6) is 0.454. The predicted molar refractivity (Wildman–Crippen MR) is 110 cm³/mol. The molecule has 4 rings (SSSR count). The highest BCUT2D eigenvalue weighted by molar-refractivity contribution is 7.98. The van der Waals surface area contributed by atoms with E-state index in [0.717, 1.165) is 40.3 Å². The molecule has 0 saturated carbocycles. The van der Waals surface area contributed by atoms with Gasteiger partial charge < -0.3 is 15.6 Å². The Morgan fingerprint density at radius 2 is 1.96 bits per heavy atom. The van der Waals surface area contributed by atoms with E-state index in [1.807, 2.05) is 36.4 Å². The fraction of sp³-hybridized carbons (Fsp3) is 0.286. The van der Waals surface area contributed by atoms with Crippen molar-refractivity contribution in [2.45, 2.75) is 36.2 Å². The summed E-state index contributed by atoms with van der Waals surface area (Å²) in [6.07, 6.45) is 2.57. The van der Waals surface area contributed by atoms with Crippen LogP contribution in [-0.4, -0.2) is 34.4 Å². The maximum Gasteiger partial charge on any atom is 0.251 e. The summed E-state index contributed by atoms with van der Waals surface area (Å²) in [5.41, 5.74) is 3.66. The Kier molecular flexibility index (Phi) is 5.62.